The summed E-state index contributed by atoms with van der Waals surface area (Å²) in [5.41, 5.74) is 7.01. The Labute approximate surface area is 206 Å². The lowest BCUT2D eigenvalue weighted by molar-refractivity contribution is 0.0575. The van der Waals surface area contributed by atoms with E-state index in [1.165, 1.54) is 43.3 Å². The van der Waals surface area contributed by atoms with Crippen LogP contribution in [0.2, 0.25) is 0 Å². The second kappa shape index (κ2) is 8.90. The Bertz CT molecular complexity index is 1260. The van der Waals surface area contributed by atoms with E-state index in [1.54, 1.807) is 7.11 Å². The van der Waals surface area contributed by atoms with Crippen molar-refractivity contribution in [3.63, 3.8) is 0 Å². The standard InChI is InChI=1S/C28H33N3O2S/c1-19-4-9-28(30-12-14-33-15-13-30)34-27-8-5-20(16-23(19)27)31-11-10-22-24-17-21(32-3)6-7-25(24)29(2)26(22)18-31/h5-9,16-17,19H,4,10-15,18H2,1-3H3. The Hall–Kier alpha value is -2.57. The van der Waals surface area contributed by atoms with Gasteiger partial charge >= 0.3 is 0 Å². The summed E-state index contributed by atoms with van der Waals surface area (Å²) in [6.45, 7) is 8.00. The minimum Gasteiger partial charge on any atom is -0.497 e. The molecule has 178 valence electrons. The maximum absolute atomic E-state index is 5.57. The topological polar surface area (TPSA) is 29.9 Å². The second-order valence-corrected chi connectivity index (χ2v) is 10.7. The highest BCUT2D eigenvalue weighted by Crippen LogP contribution is 2.42. The van der Waals surface area contributed by atoms with Gasteiger partial charge in [-0.25, -0.2) is 0 Å². The molecule has 0 radical (unpaired) electrons. The molecule has 0 spiro atoms. The molecule has 1 aromatic heterocycles. The number of allylic oxidation sites excluding steroid dienone is 1. The van der Waals surface area contributed by atoms with Gasteiger partial charge in [0.1, 0.15) is 5.75 Å². The molecule has 3 aliphatic rings. The van der Waals surface area contributed by atoms with Gasteiger partial charge in [0.05, 0.1) is 31.9 Å². The number of benzene rings is 2. The Morgan fingerprint density at radius 1 is 1.03 bits per heavy atom. The minimum absolute atomic E-state index is 0.520. The molecule has 3 aliphatic heterocycles. The third-order valence-corrected chi connectivity index (χ3v) is 8.91. The molecule has 5 nitrogen and oxygen atoms in total. The summed E-state index contributed by atoms with van der Waals surface area (Å²) in [4.78, 5) is 6.45. The molecule has 3 aromatic rings. The van der Waals surface area contributed by atoms with Gasteiger partial charge in [-0.1, -0.05) is 24.8 Å². The maximum Gasteiger partial charge on any atom is 0.119 e. The van der Waals surface area contributed by atoms with Crippen molar-refractivity contribution in [1.82, 2.24) is 9.47 Å². The smallest absolute Gasteiger partial charge is 0.119 e. The normalized spacial score (nSPS) is 20.6. The number of morpholine rings is 1. The van der Waals surface area contributed by atoms with Crippen molar-refractivity contribution in [3.05, 3.63) is 64.3 Å². The zero-order valence-corrected chi connectivity index (χ0v) is 21.2. The third kappa shape index (κ3) is 3.77. The van der Waals surface area contributed by atoms with Crippen molar-refractivity contribution in [1.29, 1.82) is 0 Å². The number of hydrogen-bond acceptors (Lipinski definition) is 5. The highest BCUT2D eigenvalue weighted by molar-refractivity contribution is 8.03. The predicted octanol–water partition coefficient (Wildman–Crippen LogP) is 5.52. The number of aryl methyl sites for hydroxylation is 1. The summed E-state index contributed by atoms with van der Waals surface area (Å²) >= 11 is 1.94. The van der Waals surface area contributed by atoms with Crippen LogP contribution in [-0.2, 0) is 24.8 Å². The highest BCUT2D eigenvalue weighted by atomic mass is 32.2. The van der Waals surface area contributed by atoms with Gasteiger partial charge in [0.2, 0.25) is 0 Å². The van der Waals surface area contributed by atoms with Crippen LogP contribution in [0.1, 0.15) is 36.1 Å². The Balaban J connectivity index is 1.28. The van der Waals surface area contributed by atoms with Crippen molar-refractivity contribution in [2.75, 3.05) is 44.9 Å². The molecule has 0 saturated carbocycles. The molecular weight excluding hydrogens is 442 g/mol. The molecule has 0 aliphatic carbocycles. The largest absolute Gasteiger partial charge is 0.497 e. The number of anilines is 1. The SMILES string of the molecule is COc1ccc2c(c1)c1c(n2C)CN(c2ccc3c(c2)C(C)CC=C(N2CCOCC2)S3)CC1. The van der Waals surface area contributed by atoms with Gasteiger partial charge in [0.25, 0.3) is 0 Å². The Morgan fingerprint density at radius 2 is 1.88 bits per heavy atom. The summed E-state index contributed by atoms with van der Waals surface area (Å²) < 4.78 is 13.4. The molecule has 1 unspecified atom stereocenters. The number of hydrogen-bond donors (Lipinski definition) is 0. The highest BCUT2D eigenvalue weighted by Gasteiger charge is 2.26. The van der Waals surface area contributed by atoms with Crippen LogP contribution in [0.3, 0.4) is 0 Å². The maximum atomic E-state index is 5.57. The first-order chi connectivity index (χ1) is 16.6. The van der Waals surface area contributed by atoms with E-state index < -0.39 is 0 Å². The monoisotopic (exact) mass is 475 g/mol. The van der Waals surface area contributed by atoms with Crippen molar-refractivity contribution >= 4 is 28.4 Å². The number of fused-ring (bicyclic) bond motifs is 4. The van der Waals surface area contributed by atoms with E-state index in [4.69, 9.17) is 9.47 Å². The molecule has 6 rings (SSSR count). The number of nitrogens with zero attached hydrogens (tertiary/aromatic N) is 3. The van der Waals surface area contributed by atoms with E-state index >= 15 is 0 Å². The molecule has 0 amide bonds. The molecule has 4 heterocycles. The van der Waals surface area contributed by atoms with Crippen molar-refractivity contribution in [3.8, 4) is 5.75 Å². The number of rotatable bonds is 3. The average Bonchev–Trinajstić information content (AvgIpc) is 3.05. The summed E-state index contributed by atoms with van der Waals surface area (Å²) in [7, 11) is 3.95. The first-order valence-corrected chi connectivity index (χ1v) is 13.2. The summed E-state index contributed by atoms with van der Waals surface area (Å²) in [6.07, 6.45) is 4.59. The lowest BCUT2D eigenvalue weighted by Gasteiger charge is -2.31. The first kappa shape index (κ1) is 21.9. The quantitative estimate of drug-likeness (QED) is 0.498. The summed E-state index contributed by atoms with van der Waals surface area (Å²) in [5, 5.41) is 2.74. The van der Waals surface area contributed by atoms with Crippen LogP contribution in [0.5, 0.6) is 5.75 Å². The van der Waals surface area contributed by atoms with E-state index in [0.717, 1.165) is 58.0 Å². The van der Waals surface area contributed by atoms with Crippen LogP contribution in [0.25, 0.3) is 10.9 Å². The van der Waals surface area contributed by atoms with E-state index in [-0.39, 0.29) is 0 Å². The zero-order valence-electron chi connectivity index (χ0n) is 20.3. The van der Waals surface area contributed by atoms with Crippen LogP contribution < -0.4 is 9.64 Å². The first-order valence-electron chi connectivity index (χ1n) is 12.4. The van der Waals surface area contributed by atoms with Gasteiger partial charge in [-0.2, -0.15) is 0 Å². The fraction of sp³-hybridized carbons (Fsp3) is 0.429. The molecule has 6 heteroatoms. The van der Waals surface area contributed by atoms with E-state index in [9.17, 15) is 0 Å². The summed E-state index contributed by atoms with van der Waals surface area (Å²) in [5.74, 6) is 1.46. The molecule has 1 fully saturated rings. The third-order valence-electron chi connectivity index (χ3n) is 7.69. The van der Waals surface area contributed by atoms with Crippen LogP contribution in [-0.4, -0.2) is 49.4 Å². The lowest BCUT2D eigenvalue weighted by Crippen LogP contribution is -2.34. The van der Waals surface area contributed by atoms with Gasteiger partial charge in [-0.05, 0) is 66.3 Å². The van der Waals surface area contributed by atoms with Crippen LogP contribution in [0, 0.1) is 0 Å². The van der Waals surface area contributed by atoms with E-state index in [1.807, 2.05) is 11.8 Å². The zero-order chi connectivity index (χ0) is 23.2. The van der Waals surface area contributed by atoms with Gasteiger partial charge in [-0.3, -0.25) is 0 Å². The summed E-state index contributed by atoms with van der Waals surface area (Å²) in [6, 6.07) is 13.6. The number of methoxy groups -OCH3 is 1. The van der Waals surface area contributed by atoms with Crippen LogP contribution >= 0.6 is 11.8 Å². The van der Waals surface area contributed by atoms with E-state index in [2.05, 4.69) is 70.8 Å². The molecule has 2 aromatic carbocycles. The fourth-order valence-corrected chi connectivity index (χ4v) is 6.86. The molecule has 1 atom stereocenters. The van der Waals surface area contributed by atoms with Crippen LogP contribution in [0.15, 0.2) is 52.4 Å². The average molecular weight is 476 g/mol. The van der Waals surface area contributed by atoms with Crippen molar-refractivity contribution < 1.29 is 9.47 Å². The molecule has 1 saturated heterocycles. The fourth-order valence-electron chi connectivity index (χ4n) is 5.63. The lowest BCUT2D eigenvalue weighted by atomic mass is 9.96. The number of thioether (sulfide) groups is 1. The number of ether oxygens (including phenoxy) is 2. The molecule has 34 heavy (non-hydrogen) atoms. The molecule has 0 bridgehead atoms. The Morgan fingerprint density at radius 3 is 2.71 bits per heavy atom. The Kier molecular flexibility index (Phi) is 5.74. The number of aromatic nitrogens is 1. The van der Waals surface area contributed by atoms with Crippen molar-refractivity contribution in [2.24, 2.45) is 7.05 Å². The molecule has 0 N–H and O–H groups in total. The van der Waals surface area contributed by atoms with Gasteiger partial charge in [0, 0.05) is 53.9 Å². The van der Waals surface area contributed by atoms with E-state index in [0.29, 0.717) is 5.92 Å². The van der Waals surface area contributed by atoms with Gasteiger partial charge < -0.3 is 23.8 Å². The van der Waals surface area contributed by atoms with Crippen LogP contribution in [0.4, 0.5) is 5.69 Å². The minimum atomic E-state index is 0.520. The van der Waals surface area contributed by atoms with Gasteiger partial charge in [-0.15, -0.1) is 0 Å². The predicted molar refractivity (Wildman–Crippen MR) is 140 cm³/mol. The second-order valence-electron chi connectivity index (χ2n) is 9.64. The molecular formula is C28H33N3O2S. The van der Waals surface area contributed by atoms with Crippen molar-refractivity contribution in [2.45, 2.75) is 37.1 Å². The van der Waals surface area contributed by atoms with Gasteiger partial charge in [0.15, 0.2) is 0 Å².